The molecule has 15 nitrogen and oxygen atoms in total. The van der Waals surface area contributed by atoms with Crippen molar-refractivity contribution < 1.29 is 27.7 Å². The number of hydrogen-bond acceptors (Lipinski definition) is 9. The van der Waals surface area contributed by atoms with Gasteiger partial charge in [0, 0.05) is 169 Å². The Morgan fingerprint density at radius 1 is 0.487 bits per heavy atom. The molecule has 76 heavy (non-hydrogen) atoms. The highest BCUT2D eigenvalue weighted by Crippen LogP contribution is 2.26. The van der Waals surface area contributed by atoms with Crippen molar-refractivity contribution in [3.8, 4) is 0 Å². The number of likely N-dealkylation sites (N-methyl/N-ethyl adjacent to an activating group) is 1. The summed E-state index contributed by atoms with van der Waals surface area (Å²) in [7, 11) is 11.5. The lowest BCUT2D eigenvalue weighted by Crippen LogP contribution is -2.53. The van der Waals surface area contributed by atoms with Crippen LogP contribution in [0.15, 0.2) is 91.4 Å². The minimum Gasteiger partial charge on any atom is -0.398 e. The third-order valence-corrected chi connectivity index (χ3v) is 17.4. The van der Waals surface area contributed by atoms with Crippen molar-refractivity contribution in [3.05, 3.63) is 91.4 Å². The molecule has 15 heteroatoms. The lowest BCUT2D eigenvalue weighted by atomic mass is 10.2. The van der Waals surface area contributed by atoms with Crippen LogP contribution in [0.3, 0.4) is 0 Å². The van der Waals surface area contributed by atoms with E-state index in [9.17, 15) is 0 Å². The lowest BCUT2D eigenvalue weighted by molar-refractivity contribution is -0.900. The van der Waals surface area contributed by atoms with Crippen LogP contribution in [0.4, 0.5) is 17.1 Å². The first-order valence-corrected chi connectivity index (χ1v) is 29.2. The van der Waals surface area contributed by atoms with Crippen molar-refractivity contribution in [3.63, 3.8) is 0 Å². The fourth-order valence-electron chi connectivity index (χ4n) is 12.8. The second-order valence-corrected chi connectivity index (χ2v) is 24.6. The van der Waals surface area contributed by atoms with Gasteiger partial charge in [-0.15, -0.1) is 0 Å². The van der Waals surface area contributed by atoms with Crippen molar-refractivity contribution in [1.29, 1.82) is 0 Å². The number of anilines is 3. The van der Waals surface area contributed by atoms with Crippen LogP contribution in [-0.4, -0.2) is 220 Å². The standard InChI is InChI=1S/C21H33N4O.C20H31N4O.C20H33N4O/c1-25(13-2-3-14-25)15-8-18-17-23(12-16-26-18)10-11-24-9-7-19-20(22)5-4-6-21(19)24;1-24(12-2-3-13-24)16-17-15-22(11-14-25-17)9-10-23-8-7-18-19(21)5-4-6-20(18)23;1-24(2,3)14-9-17-16-22(13-15-25-17)10-5-11-23-12-8-18-19(21)6-4-7-20(18)23/h4-7,9,18H,2-3,8,10-17,22H2,1H3;4-8,17H,2-3,9-16,21H2,1H3;4,6-8,12,17H,5,9-11,13-16,21H2,1-3H3/q3*+1. The third-order valence-electron chi connectivity index (χ3n) is 17.4. The number of benzene rings is 3. The van der Waals surface area contributed by atoms with E-state index in [2.05, 4.69) is 119 Å². The summed E-state index contributed by atoms with van der Waals surface area (Å²) in [6, 6.07) is 24.9. The summed E-state index contributed by atoms with van der Waals surface area (Å²) in [6.45, 7) is 24.2. The van der Waals surface area contributed by atoms with E-state index in [0.717, 1.165) is 155 Å². The number of quaternary nitrogens is 3. The maximum Gasteiger partial charge on any atom is 0.119 e. The SMILES string of the molecule is C[N+](C)(C)CCC1CN(CCCn2ccc3c(N)cccc32)CCO1.C[N+]1(CC2CN(CCn3ccc4c(N)cccc43)CCO2)CCCC1.C[N+]1(CCC2CN(CCn3ccc4c(N)cccc43)CCO2)CCCC1. The average molecular weight is 1050 g/mol. The number of aromatic nitrogens is 3. The van der Waals surface area contributed by atoms with Gasteiger partial charge in [-0.1, -0.05) is 18.2 Å². The first kappa shape index (κ1) is 56.1. The Labute approximate surface area is 455 Å². The minimum atomic E-state index is 0.383. The summed E-state index contributed by atoms with van der Waals surface area (Å²) < 4.78 is 28.5. The zero-order valence-corrected chi connectivity index (χ0v) is 47.4. The van der Waals surface area contributed by atoms with Gasteiger partial charge in [-0.25, -0.2) is 0 Å². The predicted octanol–water partition coefficient (Wildman–Crippen LogP) is 7.13. The molecule has 3 unspecified atom stereocenters. The van der Waals surface area contributed by atoms with Gasteiger partial charge in [-0.05, 0) is 61.0 Å². The molecule has 0 aliphatic carbocycles. The van der Waals surface area contributed by atoms with Gasteiger partial charge in [0.15, 0.2) is 0 Å². The van der Waals surface area contributed by atoms with Crippen molar-refractivity contribution in [2.24, 2.45) is 0 Å². The maximum absolute atomic E-state index is 6.08. The zero-order chi connectivity index (χ0) is 53.1. The molecule has 3 atom stereocenters. The Bertz CT molecular complexity index is 2730. The first-order chi connectivity index (χ1) is 36.7. The van der Waals surface area contributed by atoms with Gasteiger partial charge in [0.2, 0.25) is 0 Å². The molecular weight excluding hydrogens is 949 g/mol. The number of hydrogen-bond donors (Lipinski definition) is 3. The fourth-order valence-corrected chi connectivity index (χ4v) is 12.8. The number of nitrogen functional groups attached to an aromatic ring is 3. The summed E-state index contributed by atoms with van der Waals surface area (Å²) in [5, 5.41) is 3.48. The normalized spacial score (nSPS) is 22.5. The van der Waals surface area contributed by atoms with E-state index in [4.69, 9.17) is 31.4 Å². The van der Waals surface area contributed by atoms with Crippen LogP contribution in [0, 0.1) is 0 Å². The Morgan fingerprint density at radius 2 is 0.895 bits per heavy atom. The molecule has 5 saturated heterocycles. The quantitative estimate of drug-likeness (QED) is 0.0609. The van der Waals surface area contributed by atoms with Gasteiger partial charge in [0.05, 0.1) is 123 Å². The summed E-state index contributed by atoms with van der Waals surface area (Å²) in [5.41, 5.74) is 24.5. The zero-order valence-electron chi connectivity index (χ0n) is 47.4. The molecule has 0 saturated carbocycles. The number of nitrogens with zero attached hydrogens (tertiary/aromatic N) is 9. The summed E-state index contributed by atoms with van der Waals surface area (Å²) in [5.74, 6) is 0. The summed E-state index contributed by atoms with van der Waals surface area (Å²) >= 11 is 0. The molecule has 0 bridgehead atoms. The molecule has 3 aromatic carbocycles. The van der Waals surface area contributed by atoms with Crippen LogP contribution in [0.1, 0.15) is 44.9 Å². The highest BCUT2D eigenvalue weighted by atomic mass is 16.5. The fraction of sp³-hybridized carbons (Fsp3) is 0.607. The first-order valence-electron chi connectivity index (χ1n) is 29.2. The Kier molecular flexibility index (Phi) is 19.1. The lowest BCUT2D eigenvalue weighted by Gasteiger charge is -2.38. The van der Waals surface area contributed by atoms with E-state index in [0.29, 0.717) is 18.3 Å². The van der Waals surface area contributed by atoms with Crippen LogP contribution >= 0.6 is 0 Å². The van der Waals surface area contributed by atoms with Crippen molar-refractivity contribution in [1.82, 2.24) is 28.4 Å². The van der Waals surface area contributed by atoms with Crippen molar-refractivity contribution >= 4 is 49.8 Å². The van der Waals surface area contributed by atoms with E-state index in [1.54, 1.807) is 0 Å². The molecule has 0 amide bonds. The number of morpholine rings is 3. The highest BCUT2D eigenvalue weighted by molar-refractivity contribution is 5.92. The molecule has 3 aromatic heterocycles. The predicted molar refractivity (Wildman–Crippen MR) is 314 cm³/mol. The van der Waals surface area contributed by atoms with Crippen molar-refractivity contribution in [2.75, 3.05) is 177 Å². The molecule has 6 aromatic rings. The largest absolute Gasteiger partial charge is 0.398 e. The van der Waals surface area contributed by atoms with Crippen LogP contribution < -0.4 is 17.2 Å². The smallest absolute Gasteiger partial charge is 0.119 e. The van der Waals surface area contributed by atoms with Crippen LogP contribution in [0.2, 0.25) is 0 Å². The number of rotatable bonds is 18. The molecule has 8 heterocycles. The molecule has 5 aliphatic rings. The number of likely N-dealkylation sites (tertiary alicyclic amines) is 2. The van der Waals surface area contributed by atoms with Gasteiger partial charge in [0.1, 0.15) is 12.6 Å². The van der Waals surface area contributed by atoms with E-state index in [1.807, 2.05) is 36.4 Å². The monoisotopic (exact) mass is 1050 g/mol. The van der Waals surface area contributed by atoms with Gasteiger partial charge >= 0.3 is 0 Å². The Morgan fingerprint density at radius 3 is 1.37 bits per heavy atom. The number of aryl methyl sites for hydroxylation is 1. The number of nitrogens with two attached hydrogens (primary N) is 3. The molecule has 0 radical (unpaired) electrons. The minimum absolute atomic E-state index is 0.383. The van der Waals surface area contributed by atoms with E-state index < -0.39 is 0 Å². The van der Waals surface area contributed by atoms with E-state index >= 15 is 0 Å². The molecule has 416 valence electrons. The summed E-state index contributed by atoms with van der Waals surface area (Å²) in [6.07, 6.45) is 16.7. The van der Waals surface area contributed by atoms with Crippen LogP contribution in [0.25, 0.3) is 32.7 Å². The topological polar surface area (TPSA) is 130 Å². The Balaban J connectivity index is 0.000000139. The molecule has 0 spiro atoms. The molecule has 6 N–H and O–H groups in total. The second kappa shape index (κ2) is 25.9. The highest BCUT2D eigenvalue weighted by Gasteiger charge is 2.33. The van der Waals surface area contributed by atoms with Gasteiger partial charge in [-0.3, -0.25) is 14.7 Å². The average Bonchev–Trinajstić information content (AvgIpc) is 4.28. The maximum atomic E-state index is 6.08. The molecule has 5 fully saturated rings. The van der Waals surface area contributed by atoms with Crippen LogP contribution in [-0.2, 0) is 33.8 Å². The van der Waals surface area contributed by atoms with E-state index in [-0.39, 0.29) is 0 Å². The van der Waals surface area contributed by atoms with Crippen LogP contribution in [0.5, 0.6) is 0 Å². The molecule has 5 aliphatic heterocycles. The van der Waals surface area contributed by atoms with Crippen molar-refractivity contribution in [2.45, 2.75) is 82.9 Å². The number of ether oxygens (including phenoxy) is 3. The Hall–Kier alpha value is -4.68. The van der Waals surface area contributed by atoms with Gasteiger partial charge in [0.25, 0.3) is 0 Å². The second-order valence-electron chi connectivity index (χ2n) is 24.6. The van der Waals surface area contributed by atoms with E-state index in [1.165, 1.54) is 96.9 Å². The molecular formula is C61H97N12O3+3. The van der Waals surface area contributed by atoms with Gasteiger partial charge in [-0.2, -0.15) is 0 Å². The third kappa shape index (κ3) is 15.3. The summed E-state index contributed by atoms with van der Waals surface area (Å²) in [4.78, 5) is 7.69. The number of fused-ring (bicyclic) bond motifs is 3. The van der Waals surface area contributed by atoms with Gasteiger partial charge < -0.3 is 58.6 Å². The molecule has 11 rings (SSSR count).